The van der Waals surface area contributed by atoms with Crippen molar-refractivity contribution in [2.75, 3.05) is 40.9 Å². The third kappa shape index (κ3) is 50.9. The van der Waals surface area contributed by atoms with Crippen LogP contribution in [0.15, 0.2) is 48.6 Å². The number of amides is 1. The lowest BCUT2D eigenvalue weighted by molar-refractivity contribution is -0.870. The van der Waals surface area contributed by atoms with Crippen molar-refractivity contribution in [2.24, 2.45) is 0 Å². The summed E-state index contributed by atoms with van der Waals surface area (Å²) in [5.74, 6) is -0.550. The number of likely N-dealkylation sites (N-methyl/N-ethyl adjacent to an activating group) is 1. The van der Waals surface area contributed by atoms with Crippen molar-refractivity contribution in [3.05, 3.63) is 48.6 Å². The number of rotatable bonds is 53. The van der Waals surface area contributed by atoms with Gasteiger partial charge in [-0.1, -0.05) is 217 Å². The van der Waals surface area contributed by atoms with Gasteiger partial charge in [-0.2, -0.15) is 0 Å². The van der Waals surface area contributed by atoms with Gasteiger partial charge >= 0.3 is 5.97 Å². The van der Waals surface area contributed by atoms with E-state index in [1.165, 1.54) is 148 Å². The van der Waals surface area contributed by atoms with E-state index < -0.39 is 26.6 Å². The molecule has 0 aromatic carbocycles. The number of esters is 1. The predicted octanol–water partition coefficient (Wildman–Crippen LogP) is 17.1. The fourth-order valence-corrected chi connectivity index (χ4v) is 9.09. The Kier molecular flexibility index (Phi) is 49.0. The van der Waals surface area contributed by atoms with Crippen molar-refractivity contribution in [2.45, 2.75) is 283 Å². The summed E-state index contributed by atoms with van der Waals surface area (Å²) in [6.45, 7) is 6.80. The minimum absolute atomic E-state index is 0.0246. The van der Waals surface area contributed by atoms with Gasteiger partial charge in [-0.3, -0.25) is 14.2 Å². The first-order valence-electron chi connectivity index (χ1n) is 29.4. The van der Waals surface area contributed by atoms with Crippen molar-refractivity contribution in [1.29, 1.82) is 0 Å². The van der Waals surface area contributed by atoms with E-state index in [-0.39, 0.29) is 24.9 Å². The lowest BCUT2D eigenvalue weighted by atomic mass is 10.0. The maximum Gasteiger partial charge on any atom is 0.306 e. The normalized spacial score (nSPS) is 14.1. The highest BCUT2D eigenvalue weighted by Crippen LogP contribution is 2.38. The third-order valence-electron chi connectivity index (χ3n) is 13.0. The van der Waals surface area contributed by atoms with E-state index in [4.69, 9.17) is 13.8 Å². The number of allylic oxidation sites excluding steroid dienone is 7. The lowest BCUT2D eigenvalue weighted by Crippen LogP contribution is -2.47. The SMILES string of the molecule is CCCCC/C=C\C/C=C\CCCCCCCCCC(=O)NC(COP(=O)([O-])OCC[N+](C)(C)C)C(/C=C/CCCCCCCCCCCC)OC(=O)CCCCCCCCC/C=C\CCCCCC. The number of quaternary nitrogens is 1. The Morgan fingerprint density at radius 1 is 0.500 bits per heavy atom. The van der Waals surface area contributed by atoms with Gasteiger partial charge in [0.05, 0.1) is 33.8 Å². The zero-order valence-electron chi connectivity index (χ0n) is 46.7. The molecule has 70 heavy (non-hydrogen) atoms. The highest BCUT2D eigenvalue weighted by atomic mass is 31.2. The Bertz CT molecular complexity index is 1340. The molecule has 9 nitrogen and oxygen atoms in total. The van der Waals surface area contributed by atoms with Gasteiger partial charge in [0.1, 0.15) is 19.3 Å². The molecule has 3 atom stereocenters. The fraction of sp³-hybridized carbons (Fsp3) is 0.833. The van der Waals surface area contributed by atoms with Crippen LogP contribution >= 0.6 is 7.82 Å². The number of nitrogens with zero attached hydrogens (tertiary/aromatic N) is 1. The van der Waals surface area contributed by atoms with Gasteiger partial charge in [0.2, 0.25) is 5.91 Å². The zero-order valence-corrected chi connectivity index (χ0v) is 47.6. The quantitative estimate of drug-likeness (QED) is 0.0212. The molecule has 1 N–H and O–H groups in total. The van der Waals surface area contributed by atoms with Crippen molar-refractivity contribution >= 4 is 19.7 Å². The van der Waals surface area contributed by atoms with Gasteiger partial charge in [-0.15, -0.1) is 0 Å². The molecular weight excluding hydrogens is 892 g/mol. The number of hydrogen-bond donors (Lipinski definition) is 1. The number of unbranched alkanes of at least 4 members (excludes halogenated alkanes) is 31. The Hall–Kier alpha value is -2.03. The molecule has 0 rings (SSSR count). The molecule has 0 fully saturated rings. The van der Waals surface area contributed by atoms with Crippen LogP contribution in [0.5, 0.6) is 0 Å². The van der Waals surface area contributed by atoms with Gasteiger partial charge in [-0.05, 0) is 89.5 Å². The first-order chi connectivity index (χ1) is 33.9. The Morgan fingerprint density at radius 2 is 0.871 bits per heavy atom. The Balaban J connectivity index is 5.33. The topological polar surface area (TPSA) is 114 Å². The molecule has 10 heteroatoms. The Morgan fingerprint density at radius 3 is 1.34 bits per heavy atom. The number of phosphoric acid groups is 1. The summed E-state index contributed by atoms with van der Waals surface area (Å²) in [4.78, 5) is 39.9. The van der Waals surface area contributed by atoms with Crippen LogP contribution in [0.3, 0.4) is 0 Å². The molecule has 0 saturated carbocycles. The highest BCUT2D eigenvalue weighted by Gasteiger charge is 2.27. The van der Waals surface area contributed by atoms with Crippen LogP contribution in [0.2, 0.25) is 0 Å². The summed E-state index contributed by atoms with van der Waals surface area (Å²) < 4.78 is 30.2. The molecule has 0 aliphatic carbocycles. The van der Waals surface area contributed by atoms with Crippen molar-refractivity contribution < 1.29 is 37.3 Å². The maximum absolute atomic E-state index is 13.5. The monoisotopic (exact) mass is 1000 g/mol. The minimum atomic E-state index is -4.70. The molecule has 0 aromatic rings. The zero-order chi connectivity index (χ0) is 51.5. The van der Waals surface area contributed by atoms with Crippen LogP contribution in [0.25, 0.3) is 0 Å². The summed E-state index contributed by atoms with van der Waals surface area (Å²) in [6.07, 6.45) is 60.6. The van der Waals surface area contributed by atoms with E-state index >= 15 is 0 Å². The highest BCUT2D eigenvalue weighted by molar-refractivity contribution is 7.45. The minimum Gasteiger partial charge on any atom is -0.756 e. The van der Waals surface area contributed by atoms with Crippen molar-refractivity contribution in [3.8, 4) is 0 Å². The summed E-state index contributed by atoms with van der Waals surface area (Å²) >= 11 is 0. The Labute approximate surface area is 433 Å². The number of ether oxygens (including phenoxy) is 1. The second kappa shape index (κ2) is 50.5. The molecule has 0 spiro atoms. The van der Waals surface area contributed by atoms with E-state index in [0.29, 0.717) is 17.4 Å². The molecule has 0 bridgehead atoms. The molecule has 0 aliphatic heterocycles. The molecule has 410 valence electrons. The number of phosphoric ester groups is 1. The largest absolute Gasteiger partial charge is 0.756 e. The fourth-order valence-electron chi connectivity index (χ4n) is 8.37. The number of nitrogens with one attached hydrogen (secondary N) is 1. The van der Waals surface area contributed by atoms with E-state index in [1.807, 2.05) is 33.3 Å². The second-order valence-corrected chi connectivity index (χ2v) is 22.6. The average molecular weight is 1010 g/mol. The molecule has 0 heterocycles. The molecule has 0 aromatic heterocycles. The molecular formula is C60H113N2O7P. The number of carbonyl (C=O) groups is 2. The van der Waals surface area contributed by atoms with Crippen LogP contribution in [-0.2, 0) is 27.9 Å². The molecule has 0 saturated heterocycles. The molecule has 3 unspecified atom stereocenters. The van der Waals surface area contributed by atoms with Crippen LogP contribution in [0.4, 0.5) is 0 Å². The van der Waals surface area contributed by atoms with E-state index in [2.05, 4.69) is 62.5 Å². The second-order valence-electron chi connectivity index (χ2n) is 21.1. The summed E-state index contributed by atoms with van der Waals surface area (Å²) in [6, 6.07) is -0.892. The van der Waals surface area contributed by atoms with Gasteiger partial charge in [-0.25, -0.2) is 0 Å². The van der Waals surface area contributed by atoms with Gasteiger partial charge in [0.25, 0.3) is 7.82 Å². The summed E-state index contributed by atoms with van der Waals surface area (Å²) in [5, 5.41) is 3.02. The van der Waals surface area contributed by atoms with Gasteiger partial charge in [0.15, 0.2) is 0 Å². The van der Waals surface area contributed by atoms with Crippen LogP contribution < -0.4 is 10.2 Å². The summed E-state index contributed by atoms with van der Waals surface area (Å²) in [5.41, 5.74) is 0. The number of hydrogen-bond acceptors (Lipinski definition) is 7. The standard InChI is InChI=1S/C60H113N2O7P/c1-7-10-13-16-19-22-25-28-30-31-33-34-37-40-43-46-49-52-59(63)61-57(56-68-70(65,66)67-55-54-62(4,5)6)58(51-48-45-42-39-36-27-24-21-18-15-12-9-3)69-60(64)53-50-47-44-41-38-35-32-29-26-23-20-17-14-11-8-2/h19,22-23,26,28,30,48,51,57-58H,7-18,20-21,24-25,27,29,31-47,49-50,52-56H2,1-6H3,(H-,61,63,65,66)/b22-19-,26-23-,30-28-,51-48+. The molecule has 0 radical (unpaired) electrons. The lowest BCUT2D eigenvalue weighted by Gasteiger charge is -2.30. The molecule has 1 amide bonds. The first-order valence-corrected chi connectivity index (χ1v) is 30.9. The van der Waals surface area contributed by atoms with E-state index in [0.717, 1.165) is 89.9 Å². The molecule has 0 aliphatic rings. The summed E-state index contributed by atoms with van der Waals surface area (Å²) in [7, 11) is 1.18. The smallest absolute Gasteiger partial charge is 0.306 e. The van der Waals surface area contributed by atoms with E-state index in [1.54, 1.807) is 0 Å². The predicted molar refractivity (Wildman–Crippen MR) is 298 cm³/mol. The van der Waals surface area contributed by atoms with Crippen LogP contribution in [-0.4, -0.2) is 69.4 Å². The average Bonchev–Trinajstić information content (AvgIpc) is 3.32. The third-order valence-corrected chi connectivity index (χ3v) is 13.9. The number of carbonyl (C=O) groups excluding carboxylic acids is 2. The van der Waals surface area contributed by atoms with Gasteiger partial charge < -0.3 is 28.5 Å². The first kappa shape index (κ1) is 68.0. The van der Waals surface area contributed by atoms with Crippen molar-refractivity contribution in [1.82, 2.24) is 5.32 Å². The van der Waals surface area contributed by atoms with Crippen molar-refractivity contribution in [3.63, 3.8) is 0 Å². The van der Waals surface area contributed by atoms with Crippen LogP contribution in [0, 0.1) is 0 Å². The maximum atomic E-state index is 13.5. The van der Waals surface area contributed by atoms with E-state index in [9.17, 15) is 19.0 Å². The van der Waals surface area contributed by atoms with Gasteiger partial charge in [0, 0.05) is 12.8 Å². The van der Waals surface area contributed by atoms with Crippen LogP contribution in [0.1, 0.15) is 271 Å².